The van der Waals surface area contributed by atoms with Crippen LogP contribution in [0.5, 0.6) is 0 Å². The first kappa shape index (κ1) is 19.4. The van der Waals surface area contributed by atoms with Gasteiger partial charge in [0.15, 0.2) is 15.3 Å². The van der Waals surface area contributed by atoms with Gasteiger partial charge in [0.05, 0.1) is 18.5 Å². The lowest BCUT2D eigenvalue weighted by atomic mass is 9.98. The topological polar surface area (TPSA) is 86.7 Å². The van der Waals surface area contributed by atoms with Crippen LogP contribution in [0.15, 0.2) is 24.3 Å². The van der Waals surface area contributed by atoms with Crippen molar-refractivity contribution in [3.63, 3.8) is 0 Å². The zero-order valence-electron chi connectivity index (χ0n) is 14.9. The molecule has 0 saturated heterocycles. The fraction of sp³-hybridized carbons (Fsp3) is 0.556. The molecule has 2 atom stereocenters. The third kappa shape index (κ3) is 3.29. The maximum Gasteiger partial charge on any atom is 0.325 e. The number of carbonyl (C=O) groups excluding carboxylic acids is 2. The molecule has 0 heterocycles. The van der Waals surface area contributed by atoms with Gasteiger partial charge in [0, 0.05) is 12.2 Å². The molecule has 1 saturated carbocycles. The van der Waals surface area contributed by atoms with E-state index in [4.69, 9.17) is 9.47 Å². The fourth-order valence-electron chi connectivity index (χ4n) is 3.41. The molecule has 0 amide bonds. The molecule has 25 heavy (non-hydrogen) atoms. The van der Waals surface area contributed by atoms with Crippen LogP contribution in [0.25, 0.3) is 0 Å². The van der Waals surface area contributed by atoms with Crippen LogP contribution in [0, 0.1) is 5.41 Å². The lowest BCUT2D eigenvalue weighted by Crippen LogP contribution is -2.35. The van der Waals surface area contributed by atoms with E-state index in [0.29, 0.717) is 5.56 Å². The van der Waals surface area contributed by atoms with Crippen LogP contribution in [0.3, 0.4) is 0 Å². The van der Waals surface area contributed by atoms with Gasteiger partial charge in [-0.3, -0.25) is 9.59 Å². The van der Waals surface area contributed by atoms with E-state index in [1.165, 1.54) is 0 Å². The summed E-state index contributed by atoms with van der Waals surface area (Å²) in [6, 6.07) is 7.27. The second kappa shape index (κ2) is 7.15. The van der Waals surface area contributed by atoms with Crippen molar-refractivity contribution in [1.82, 2.24) is 0 Å². The molecule has 0 unspecified atom stereocenters. The van der Waals surface area contributed by atoms with Gasteiger partial charge in [0.25, 0.3) is 0 Å². The summed E-state index contributed by atoms with van der Waals surface area (Å²) in [5.74, 6) is -2.48. The molecule has 1 fully saturated rings. The fourth-order valence-corrected chi connectivity index (χ4v) is 5.21. The minimum Gasteiger partial charge on any atom is -0.465 e. The van der Waals surface area contributed by atoms with Crippen molar-refractivity contribution >= 4 is 21.8 Å². The standard InChI is InChI=1S/C18H24O6S/c1-5-12-8-10-13(11-9-12)14-15(25(4,21)22)18(14,16(19)23-6-2)17(20)24-7-3/h8-11,14-15H,5-7H2,1-4H3/t14-,15+/m0/s1. The van der Waals surface area contributed by atoms with Crippen molar-refractivity contribution in [3.05, 3.63) is 35.4 Å². The number of benzene rings is 1. The number of aryl methyl sites for hydroxylation is 1. The van der Waals surface area contributed by atoms with Crippen molar-refractivity contribution in [2.24, 2.45) is 5.41 Å². The number of hydrogen-bond acceptors (Lipinski definition) is 6. The molecule has 0 bridgehead atoms. The number of sulfone groups is 1. The molecule has 138 valence electrons. The molecule has 0 spiro atoms. The van der Waals surface area contributed by atoms with Crippen molar-refractivity contribution in [3.8, 4) is 0 Å². The highest BCUT2D eigenvalue weighted by atomic mass is 32.2. The highest BCUT2D eigenvalue weighted by Gasteiger charge is 2.80. The minimum absolute atomic E-state index is 0.0535. The zero-order chi connectivity index (χ0) is 18.8. The van der Waals surface area contributed by atoms with Gasteiger partial charge in [0.1, 0.15) is 0 Å². The monoisotopic (exact) mass is 368 g/mol. The van der Waals surface area contributed by atoms with Crippen LogP contribution < -0.4 is 0 Å². The van der Waals surface area contributed by atoms with E-state index >= 15 is 0 Å². The molecule has 0 aromatic heterocycles. The molecule has 0 N–H and O–H groups in total. The Balaban J connectivity index is 2.56. The van der Waals surface area contributed by atoms with Gasteiger partial charge >= 0.3 is 11.9 Å². The Labute approximate surface area is 148 Å². The number of hydrogen-bond donors (Lipinski definition) is 0. The number of carbonyl (C=O) groups is 2. The van der Waals surface area contributed by atoms with E-state index in [0.717, 1.165) is 18.2 Å². The van der Waals surface area contributed by atoms with Gasteiger partial charge in [-0.1, -0.05) is 31.2 Å². The maximum atomic E-state index is 12.6. The second-order valence-electron chi connectivity index (χ2n) is 6.13. The first-order valence-corrected chi connectivity index (χ1v) is 10.3. The van der Waals surface area contributed by atoms with Gasteiger partial charge in [-0.05, 0) is 31.4 Å². The third-order valence-corrected chi connectivity index (χ3v) is 6.13. The third-order valence-electron chi connectivity index (χ3n) is 4.57. The van der Waals surface area contributed by atoms with Crippen LogP contribution in [0.4, 0.5) is 0 Å². The predicted octanol–water partition coefficient (Wildman–Crippen LogP) is 1.87. The Morgan fingerprint density at radius 3 is 1.84 bits per heavy atom. The second-order valence-corrected chi connectivity index (χ2v) is 8.30. The molecule has 1 aromatic carbocycles. The molecular formula is C18H24O6S. The van der Waals surface area contributed by atoms with Crippen LogP contribution >= 0.6 is 0 Å². The largest absolute Gasteiger partial charge is 0.465 e. The summed E-state index contributed by atoms with van der Waals surface area (Å²) in [6.07, 6.45) is 1.87. The van der Waals surface area contributed by atoms with Crippen LogP contribution in [0.1, 0.15) is 37.8 Å². The first-order chi connectivity index (χ1) is 11.7. The quantitative estimate of drug-likeness (QED) is 0.539. The van der Waals surface area contributed by atoms with Crippen molar-refractivity contribution in [1.29, 1.82) is 0 Å². The van der Waals surface area contributed by atoms with Gasteiger partial charge < -0.3 is 9.47 Å². The molecule has 2 rings (SSSR count). The van der Waals surface area contributed by atoms with Gasteiger partial charge in [0.2, 0.25) is 0 Å². The number of esters is 2. The van der Waals surface area contributed by atoms with E-state index in [-0.39, 0.29) is 13.2 Å². The summed E-state index contributed by atoms with van der Waals surface area (Å²) in [5, 5.41) is -1.18. The summed E-state index contributed by atoms with van der Waals surface area (Å²) in [5.41, 5.74) is -0.125. The highest BCUT2D eigenvalue weighted by molar-refractivity contribution is 7.91. The summed E-state index contributed by atoms with van der Waals surface area (Å²) >= 11 is 0. The molecule has 0 radical (unpaired) electrons. The Bertz CT molecular complexity index is 732. The van der Waals surface area contributed by atoms with E-state index in [1.807, 2.05) is 19.1 Å². The lowest BCUT2D eigenvalue weighted by Gasteiger charge is -2.15. The van der Waals surface area contributed by atoms with E-state index in [1.54, 1.807) is 26.0 Å². The normalized spacial score (nSPS) is 21.4. The molecule has 1 aliphatic rings. The van der Waals surface area contributed by atoms with E-state index in [2.05, 4.69) is 0 Å². The smallest absolute Gasteiger partial charge is 0.325 e. The summed E-state index contributed by atoms with van der Waals surface area (Å²) in [7, 11) is -3.68. The minimum atomic E-state index is -3.68. The Hall–Kier alpha value is -1.89. The Kier molecular flexibility index (Phi) is 5.56. The van der Waals surface area contributed by atoms with Crippen LogP contribution in [-0.4, -0.2) is 45.1 Å². The van der Waals surface area contributed by atoms with E-state index < -0.39 is 38.4 Å². The van der Waals surface area contributed by atoms with Gasteiger partial charge in [-0.2, -0.15) is 0 Å². The van der Waals surface area contributed by atoms with Crippen molar-refractivity contribution < 1.29 is 27.5 Å². The van der Waals surface area contributed by atoms with Gasteiger partial charge in [-0.25, -0.2) is 8.42 Å². The molecule has 1 aromatic rings. The summed E-state index contributed by atoms with van der Waals surface area (Å²) in [4.78, 5) is 25.2. The molecule has 7 heteroatoms. The summed E-state index contributed by atoms with van der Waals surface area (Å²) in [6.45, 7) is 5.34. The predicted molar refractivity (Wildman–Crippen MR) is 92.9 cm³/mol. The Morgan fingerprint density at radius 2 is 1.48 bits per heavy atom. The average molecular weight is 368 g/mol. The van der Waals surface area contributed by atoms with Crippen LogP contribution in [-0.2, 0) is 35.3 Å². The highest BCUT2D eigenvalue weighted by Crippen LogP contribution is 2.64. The lowest BCUT2D eigenvalue weighted by molar-refractivity contribution is -0.164. The van der Waals surface area contributed by atoms with E-state index in [9.17, 15) is 18.0 Å². The van der Waals surface area contributed by atoms with Crippen LogP contribution in [0.2, 0.25) is 0 Å². The molecular weight excluding hydrogens is 344 g/mol. The van der Waals surface area contributed by atoms with Gasteiger partial charge in [-0.15, -0.1) is 0 Å². The molecule has 6 nitrogen and oxygen atoms in total. The Morgan fingerprint density at radius 1 is 1.00 bits per heavy atom. The average Bonchev–Trinajstić information content (AvgIpc) is 3.27. The zero-order valence-corrected chi connectivity index (χ0v) is 15.8. The SMILES string of the molecule is CCOC(=O)C1(C(=O)OCC)[C@H](S(C)(=O)=O)[C@@H]1c1ccc(CC)cc1. The molecule has 0 aliphatic heterocycles. The number of ether oxygens (including phenoxy) is 2. The number of rotatable bonds is 7. The summed E-state index contributed by atoms with van der Waals surface area (Å²) < 4.78 is 34.7. The molecule has 1 aliphatic carbocycles. The van der Waals surface area contributed by atoms with Crippen molar-refractivity contribution in [2.75, 3.05) is 19.5 Å². The first-order valence-electron chi connectivity index (χ1n) is 8.37. The maximum absolute atomic E-state index is 12.6. The van der Waals surface area contributed by atoms with Crippen molar-refractivity contribution in [2.45, 2.75) is 38.4 Å².